The predicted octanol–water partition coefficient (Wildman–Crippen LogP) is 5.22. The van der Waals surface area contributed by atoms with Gasteiger partial charge >= 0.3 is 0 Å². The Morgan fingerprint density at radius 2 is 1.67 bits per heavy atom. The van der Waals surface area contributed by atoms with E-state index in [0.29, 0.717) is 0 Å². The maximum Gasteiger partial charge on any atom is 0.138 e. The van der Waals surface area contributed by atoms with Crippen molar-refractivity contribution in [1.29, 1.82) is 0 Å². The van der Waals surface area contributed by atoms with Gasteiger partial charge in [-0.3, -0.25) is 0 Å². The first-order valence-corrected chi connectivity index (χ1v) is 7.87. The van der Waals surface area contributed by atoms with E-state index in [1.54, 1.807) is 0 Å². The lowest BCUT2D eigenvalue weighted by Gasteiger charge is -2.05. The van der Waals surface area contributed by atoms with E-state index < -0.39 is 0 Å². The third kappa shape index (κ3) is 5.81. The Balaban J connectivity index is 2.24. The van der Waals surface area contributed by atoms with Crippen LogP contribution in [-0.4, -0.2) is 6.29 Å². The zero-order valence-electron chi connectivity index (χ0n) is 11.2. The number of hydrogen-bond donors (Lipinski definition) is 0. The average molecular weight is 311 g/mol. The average Bonchev–Trinajstić information content (AvgIpc) is 2.42. The lowest BCUT2D eigenvalue weighted by Crippen LogP contribution is -1.92. The Morgan fingerprint density at radius 3 is 2.28 bits per heavy atom. The number of halogens is 1. The summed E-state index contributed by atoms with van der Waals surface area (Å²) in [6.45, 7) is 2.25. The molecule has 0 amide bonds. The second kappa shape index (κ2) is 9.32. The summed E-state index contributed by atoms with van der Waals surface area (Å²) in [6.07, 6.45) is 10.1. The molecule has 0 spiro atoms. The highest BCUT2D eigenvalue weighted by Gasteiger charge is 2.04. The van der Waals surface area contributed by atoms with Crippen LogP contribution >= 0.6 is 15.9 Å². The zero-order chi connectivity index (χ0) is 13.2. The monoisotopic (exact) mass is 310 g/mol. The summed E-state index contributed by atoms with van der Waals surface area (Å²) in [7, 11) is 0. The van der Waals surface area contributed by atoms with Crippen molar-refractivity contribution in [3.8, 4) is 0 Å². The van der Waals surface area contributed by atoms with Crippen molar-refractivity contribution in [2.75, 3.05) is 0 Å². The summed E-state index contributed by atoms with van der Waals surface area (Å²) < 4.78 is 0. The van der Waals surface area contributed by atoms with E-state index in [1.165, 1.54) is 44.1 Å². The summed E-state index contributed by atoms with van der Waals surface area (Å²) >= 11 is 3.33. The molecule has 0 heterocycles. The van der Waals surface area contributed by atoms with Crippen LogP contribution in [0, 0.1) is 0 Å². The first-order chi connectivity index (χ1) is 8.77. The lowest BCUT2D eigenvalue weighted by atomic mass is 10.0. The first kappa shape index (κ1) is 15.4. The number of carbonyl (C=O) groups is 1. The van der Waals surface area contributed by atoms with E-state index in [-0.39, 0.29) is 4.83 Å². The minimum absolute atomic E-state index is 0.166. The van der Waals surface area contributed by atoms with Crippen molar-refractivity contribution in [2.24, 2.45) is 0 Å². The van der Waals surface area contributed by atoms with Gasteiger partial charge in [0.15, 0.2) is 0 Å². The number of aryl methyl sites for hydroxylation is 1. The largest absolute Gasteiger partial charge is 0.302 e. The molecule has 0 radical (unpaired) electrons. The van der Waals surface area contributed by atoms with Crippen LogP contribution in [0.1, 0.15) is 61.4 Å². The fourth-order valence-electron chi connectivity index (χ4n) is 2.06. The standard InChI is InChI=1S/C16H23BrO/c1-2-3-4-5-6-7-8-14-9-11-15(12-10-14)16(17)13-18/h9-13,16H,2-8H2,1H3. The smallest absolute Gasteiger partial charge is 0.138 e. The number of aldehydes is 1. The minimum atomic E-state index is -0.166. The molecule has 18 heavy (non-hydrogen) atoms. The number of rotatable bonds is 9. The van der Waals surface area contributed by atoms with Gasteiger partial charge in [-0.05, 0) is 24.0 Å². The Morgan fingerprint density at radius 1 is 1.06 bits per heavy atom. The van der Waals surface area contributed by atoms with Crippen LogP contribution in [0.5, 0.6) is 0 Å². The molecule has 1 aromatic rings. The quantitative estimate of drug-likeness (QED) is 0.347. The van der Waals surface area contributed by atoms with Crippen molar-refractivity contribution in [2.45, 2.75) is 56.7 Å². The third-order valence-corrected chi connectivity index (χ3v) is 3.98. The first-order valence-electron chi connectivity index (χ1n) is 6.96. The summed E-state index contributed by atoms with van der Waals surface area (Å²) in [5.41, 5.74) is 2.41. The normalized spacial score (nSPS) is 12.3. The molecule has 1 atom stereocenters. The molecule has 0 saturated carbocycles. The van der Waals surface area contributed by atoms with Gasteiger partial charge in [0.2, 0.25) is 0 Å². The van der Waals surface area contributed by atoms with Crippen LogP contribution in [0.3, 0.4) is 0 Å². The molecule has 1 aromatic carbocycles. The predicted molar refractivity (Wildman–Crippen MR) is 81.3 cm³/mol. The molecule has 0 fully saturated rings. The van der Waals surface area contributed by atoms with Crippen LogP contribution in [0.2, 0.25) is 0 Å². The molecule has 0 saturated heterocycles. The molecule has 0 aliphatic carbocycles. The van der Waals surface area contributed by atoms with Crippen molar-refractivity contribution in [3.05, 3.63) is 35.4 Å². The van der Waals surface area contributed by atoms with Gasteiger partial charge in [-0.2, -0.15) is 0 Å². The number of benzene rings is 1. The van der Waals surface area contributed by atoms with E-state index in [4.69, 9.17) is 0 Å². The SMILES string of the molecule is CCCCCCCCc1ccc(C(Br)C=O)cc1. The maximum atomic E-state index is 10.6. The van der Waals surface area contributed by atoms with Gasteiger partial charge in [0.05, 0.1) is 4.83 Å². The summed E-state index contributed by atoms with van der Waals surface area (Å²) in [6, 6.07) is 8.36. The maximum absolute atomic E-state index is 10.6. The number of alkyl halides is 1. The molecular weight excluding hydrogens is 288 g/mol. The molecule has 0 bridgehead atoms. The van der Waals surface area contributed by atoms with Crippen LogP contribution in [0.4, 0.5) is 0 Å². The molecule has 1 nitrogen and oxygen atoms in total. The van der Waals surface area contributed by atoms with E-state index >= 15 is 0 Å². The van der Waals surface area contributed by atoms with E-state index in [9.17, 15) is 4.79 Å². The molecule has 100 valence electrons. The van der Waals surface area contributed by atoms with Crippen LogP contribution < -0.4 is 0 Å². The Hall–Kier alpha value is -0.630. The molecule has 2 heteroatoms. The molecular formula is C16H23BrO. The zero-order valence-corrected chi connectivity index (χ0v) is 12.8. The number of carbonyl (C=O) groups excluding carboxylic acids is 1. The Bertz CT molecular complexity index is 331. The second-order valence-electron chi connectivity index (χ2n) is 4.80. The van der Waals surface area contributed by atoms with Crippen LogP contribution in [0.15, 0.2) is 24.3 Å². The third-order valence-electron chi connectivity index (χ3n) is 3.24. The molecule has 0 N–H and O–H groups in total. The molecule has 0 aliphatic rings. The van der Waals surface area contributed by atoms with Gasteiger partial charge < -0.3 is 4.79 Å². The van der Waals surface area contributed by atoms with Gasteiger partial charge in [-0.15, -0.1) is 0 Å². The summed E-state index contributed by atoms with van der Waals surface area (Å²) in [4.78, 5) is 10.5. The highest BCUT2D eigenvalue weighted by atomic mass is 79.9. The van der Waals surface area contributed by atoms with Crippen LogP contribution in [-0.2, 0) is 11.2 Å². The van der Waals surface area contributed by atoms with Gasteiger partial charge in [0.1, 0.15) is 6.29 Å². The van der Waals surface area contributed by atoms with Crippen LogP contribution in [0.25, 0.3) is 0 Å². The second-order valence-corrected chi connectivity index (χ2v) is 5.78. The number of unbranched alkanes of at least 4 members (excludes halogenated alkanes) is 5. The fraction of sp³-hybridized carbons (Fsp3) is 0.562. The van der Waals surface area contributed by atoms with Crippen molar-refractivity contribution < 1.29 is 4.79 Å². The van der Waals surface area contributed by atoms with Crippen molar-refractivity contribution in [3.63, 3.8) is 0 Å². The summed E-state index contributed by atoms with van der Waals surface area (Å²) in [5.74, 6) is 0. The number of hydrogen-bond acceptors (Lipinski definition) is 1. The van der Waals surface area contributed by atoms with Crippen molar-refractivity contribution in [1.82, 2.24) is 0 Å². The molecule has 1 unspecified atom stereocenters. The van der Waals surface area contributed by atoms with Gasteiger partial charge in [-0.1, -0.05) is 79.2 Å². The Kier molecular flexibility index (Phi) is 7.99. The Labute approximate surface area is 119 Å². The fourth-order valence-corrected chi connectivity index (χ4v) is 2.36. The molecule has 0 aliphatic heterocycles. The molecule has 0 aromatic heterocycles. The topological polar surface area (TPSA) is 17.1 Å². The minimum Gasteiger partial charge on any atom is -0.302 e. The van der Waals surface area contributed by atoms with E-state index in [1.807, 2.05) is 12.1 Å². The van der Waals surface area contributed by atoms with E-state index in [2.05, 4.69) is 35.0 Å². The lowest BCUT2D eigenvalue weighted by molar-refractivity contribution is -0.107. The van der Waals surface area contributed by atoms with Gasteiger partial charge in [-0.25, -0.2) is 0 Å². The highest BCUT2D eigenvalue weighted by Crippen LogP contribution is 2.20. The van der Waals surface area contributed by atoms with Gasteiger partial charge in [0.25, 0.3) is 0 Å². The van der Waals surface area contributed by atoms with Crippen molar-refractivity contribution >= 4 is 22.2 Å². The highest BCUT2D eigenvalue weighted by molar-refractivity contribution is 9.09. The molecule has 1 rings (SSSR count). The summed E-state index contributed by atoms with van der Waals surface area (Å²) in [5, 5.41) is 0. The van der Waals surface area contributed by atoms with E-state index in [0.717, 1.165) is 18.3 Å². The van der Waals surface area contributed by atoms with Gasteiger partial charge in [0, 0.05) is 0 Å².